The summed E-state index contributed by atoms with van der Waals surface area (Å²) in [6.07, 6.45) is 0. The van der Waals surface area contributed by atoms with Crippen molar-refractivity contribution in [3.05, 3.63) is 71.8 Å². The van der Waals surface area contributed by atoms with Crippen molar-refractivity contribution in [3.63, 3.8) is 0 Å². The maximum atomic E-state index is 8.70. The molecule has 106 valence electrons. The van der Waals surface area contributed by atoms with Crippen molar-refractivity contribution in [3.8, 4) is 0 Å². The van der Waals surface area contributed by atoms with Crippen molar-refractivity contribution in [2.75, 3.05) is 7.05 Å². The largest absolute Gasteiger partial charge is 0.692 e. The Kier molecular flexibility index (Phi) is 7.70. The van der Waals surface area contributed by atoms with E-state index in [0.29, 0.717) is 0 Å². The second-order valence-corrected chi connectivity index (χ2v) is 4.90. The smallest absolute Gasteiger partial charge is 0.298 e. The lowest BCUT2D eigenvalue weighted by Gasteiger charge is -2.16. The van der Waals surface area contributed by atoms with Gasteiger partial charge in [0.25, 0.3) is 0 Å². The number of nitrogens with zero attached hydrogens (tertiary/aromatic N) is 1. The standard InChI is InChI=1S/C15H17N.HO3P/c1-16(12-14-8-4-2-5-9-14)13-15-10-6-3-7-11-15;1-4(2)3/h2-11H,12-13H2,1H3;(H-,1,2,3)/p+1. The van der Waals surface area contributed by atoms with Crippen LogP contribution >= 0.6 is 8.25 Å². The number of rotatable bonds is 4. The Labute approximate surface area is 120 Å². The molecule has 0 saturated heterocycles. The van der Waals surface area contributed by atoms with E-state index < -0.39 is 8.25 Å². The molecule has 0 heterocycles. The van der Waals surface area contributed by atoms with Crippen LogP contribution < -0.4 is 0 Å². The van der Waals surface area contributed by atoms with Crippen molar-refractivity contribution >= 4 is 8.25 Å². The molecule has 0 bridgehead atoms. The van der Waals surface area contributed by atoms with E-state index in [2.05, 4.69) is 72.6 Å². The average molecular weight is 292 g/mol. The second kappa shape index (κ2) is 9.34. The Morgan fingerprint density at radius 2 is 1.15 bits per heavy atom. The quantitative estimate of drug-likeness (QED) is 0.851. The van der Waals surface area contributed by atoms with Crippen molar-refractivity contribution in [2.24, 2.45) is 0 Å². The van der Waals surface area contributed by atoms with E-state index >= 15 is 0 Å². The molecule has 2 aromatic carbocycles. The SMILES string of the molecule is CN(Cc1ccccc1)Cc1ccccc1.O=[P+](O)O. The zero-order valence-corrected chi connectivity index (χ0v) is 12.3. The van der Waals surface area contributed by atoms with Gasteiger partial charge >= 0.3 is 8.25 Å². The molecule has 0 atom stereocenters. The summed E-state index contributed by atoms with van der Waals surface area (Å²) in [5, 5.41) is 0. The highest BCUT2D eigenvalue weighted by Crippen LogP contribution is 2.07. The van der Waals surface area contributed by atoms with Crippen LogP contribution in [-0.2, 0) is 17.7 Å². The van der Waals surface area contributed by atoms with E-state index in [4.69, 9.17) is 14.4 Å². The first-order valence-electron chi connectivity index (χ1n) is 6.19. The molecule has 0 aliphatic rings. The van der Waals surface area contributed by atoms with Gasteiger partial charge in [0.15, 0.2) is 0 Å². The van der Waals surface area contributed by atoms with Gasteiger partial charge in [0.1, 0.15) is 0 Å². The average Bonchev–Trinajstić information content (AvgIpc) is 2.40. The minimum atomic E-state index is -2.87. The monoisotopic (exact) mass is 292 g/mol. The fourth-order valence-corrected chi connectivity index (χ4v) is 1.85. The number of benzene rings is 2. The molecule has 2 aromatic rings. The second-order valence-electron chi connectivity index (χ2n) is 4.40. The molecular formula is C15H19NO3P+. The Bertz CT molecular complexity index is 460. The first kappa shape index (κ1) is 16.5. The van der Waals surface area contributed by atoms with Crippen molar-refractivity contribution in [1.82, 2.24) is 4.90 Å². The van der Waals surface area contributed by atoms with Crippen LogP contribution in [0.5, 0.6) is 0 Å². The summed E-state index contributed by atoms with van der Waals surface area (Å²) in [7, 11) is -0.718. The van der Waals surface area contributed by atoms with E-state index in [9.17, 15) is 0 Å². The summed E-state index contributed by atoms with van der Waals surface area (Å²) in [5.41, 5.74) is 2.72. The normalized spacial score (nSPS) is 9.80. The van der Waals surface area contributed by atoms with Gasteiger partial charge in [-0.2, -0.15) is 0 Å². The zero-order valence-electron chi connectivity index (χ0n) is 11.4. The van der Waals surface area contributed by atoms with Gasteiger partial charge in [0.2, 0.25) is 0 Å². The van der Waals surface area contributed by atoms with Crippen LogP contribution in [0.15, 0.2) is 60.7 Å². The van der Waals surface area contributed by atoms with E-state index in [1.807, 2.05) is 0 Å². The molecule has 0 aromatic heterocycles. The molecule has 0 aliphatic carbocycles. The van der Waals surface area contributed by atoms with E-state index in [0.717, 1.165) is 13.1 Å². The Hall–Kier alpha value is -1.58. The molecule has 4 nitrogen and oxygen atoms in total. The molecule has 0 aliphatic heterocycles. The van der Waals surface area contributed by atoms with Gasteiger partial charge in [0, 0.05) is 17.7 Å². The molecule has 2 rings (SSSR count). The van der Waals surface area contributed by atoms with Crippen LogP contribution in [0.2, 0.25) is 0 Å². The summed E-state index contributed by atoms with van der Waals surface area (Å²) in [6, 6.07) is 21.1. The highest BCUT2D eigenvalue weighted by Gasteiger charge is 2.00. The summed E-state index contributed by atoms with van der Waals surface area (Å²) in [4.78, 5) is 16.6. The van der Waals surface area contributed by atoms with Gasteiger partial charge in [-0.25, -0.2) is 0 Å². The highest BCUT2D eigenvalue weighted by atomic mass is 31.1. The molecule has 2 N–H and O–H groups in total. The molecule has 0 radical (unpaired) electrons. The van der Waals surface area contributed by atoms with Crippen molar-refractivity contribution < 1.29 is 14.4 Å². The highest BCUT2D eigenvalue weighted by molar-refractivity contribution is 7.30. The van der Waals surface area contributed by atoms with Gasteiger partial charge in [0.05, 0.1) is 0 Å². The summed E-state index contributed by atoms with van der Waals surface area (Å²) in [5.74, 6) is 0. The fourth-order valence-electron chi connectivity index (χ4n) is 1.85. The minimum Gasteiger partial charge on any atom is -0.298 e. The molecule has 0 saturated carbocycles. The molecule has 0 spiro atoms. The number of hydrogen-bond donors (Lipinski definition) is 2. The molecule has 5 heteroatoms. The minimum absolute atomic E-state index is 0.996. The fraction of sp³-hybridized carbons (Fsp3) is 0.200. The summed E-state index contributed by atoms with van der Waals surface area (Å²) in [6.45, 7) is 1.99. The lowest BCUT2D eigenvalue weighted by atomic mass is 10.2. The third-order valence-corrected chi connectivity index (χ3v) is 2.59. The maximum absolute atomic E-state index is 8.70. The van der Waals surface area contributed by atoms with Gasteiger partial charge in [-0.15, -0.1) is 9.79 Å². The van der Waals surface area contributed by atoms with Crippen LogP contribution in [0.25, 0.3) is 0 Å². The van der Waals surface area contributed by atoms with Crippen molar-refractivity contribution in [2.45, 2.75) is 13.1 Å². The van der Waals surface area contributed by atoms with Crippen LogP contribution in [-0.4, -0.2) is 21.7 Å². The predicted octanol–water partition coefficient (Wildman–Crippen LogP) is 2.95. The summed E-state index contributed by atoms with van der Waals surface area (Å²) >= 11 is 0. The third-order valence-electron chi connectivity index (χ3n) is 2.59. The lowest BCUT2D eigenvalue weighted by molar-refractivity contribution is 0.319. The van der Waals surface area contributed by atoms with E-state index in [1.165, 1.54) is 11.1 Å². The van der Waals surface area contributed by atoms with Crippen LogP contribution in [0, 0.1) is 0 Å². The number of hydrogen-bond acceptors (Lipinski definition) is 2. The van der Waals surface area contributed by atoms with Crippen LogP contribution in [0.3, 0.4) is 0 Å². The predicted molar refractivity (Wildman–Crippen MR) is 80.1 cm³/mol. The molecule has 0 amide bonds. The first-order chi connectivity index (χ1) is 9.58. The zero-order chi connectivity index (χ0) is 14.8. The third kappa shape index (κ3) is 7.77. The van der Waals surface area contributed by atoms with Crippen LogP contribution in [0.1, 0.15) is 11.1 Å². The molecule has 0 unspecified atom stereocenters. The Morgan fingerprint density at radius 3 is 1.45 bits per heavy atom. The van der Waals surface area contributed by atoms with E-state index in [-0.39, 0.29) is 0 Å². The lowest BCUT2D eigenvalue weighted by Crippen LogP contribution is -2.16. The molecular weight excluding hydrogens is 273 g/mol. The maximum Gasteiger partial charge on any atom is 0.692 e. The van der Waals surface area contributed by atoms with Gasteiger partial charge in [-0.3, -0.25) is 4.90 Å². The van der Waals surface area contributed by atoms with Crippen LogP contribution in [0.4, 0.5) is 0 Å². The Morgan fingerprint density at radius 1 is 0.850 bits per heavy atom. The summed E-state index contributed by atoms with van der Waals surface area (Å²) < 4.78 is 8.70. The van der Waals surface area contributed by atoms with E-state index in [1.54, 1.807) is 0 Å². The topological polar surface area (TPSA) is 60.8 Å². The molecule has 0 fully saturated rings. The van der Waals surface area contributed by atoms with Gasteiger partial charge in [-0.1, -0.05) is 60.7 Å². The first-order valence-corrected chi connectivity index (χ1v) is 7.36. The van der Waals surface area contributed by atoms with Gasteiger partial charge in [-0.05, 0) is 18.2 Å². The Balaban J connectivity index is 0.000000444. The van der Waals surface area contributed by atoms with Crippen molar-refractivity contribution in [1.29, 1.82) is 0 Å². The van der Waals surface area contributed by atoms with Gasteiger partial charge < -0.3 is 0 Å². The molecule has 20 heavy (non-hydrogen) atoms.